The lowest BCUT2D eigenvalue weighted by Gasteiger charge is -1.94. The molecule has 0 spiro atoms. The molecule has 0 bridgehead atoms. The molecule has 0 aliphatic heterocycles. The molecule has 1 heterocycles. The van der Waals surface area contributed by atoms with E-state index in [1.165, 1.54) is 0 Å². The second-order valence-corrected chi connectivity index (χ2v) is 4.29. The van der Waals surface area contributed by atoms with E-state index in [-0.39, 0.29) is 6.04 Å². The molecule has 88 valence electrons. The molecule has 0 aliphatic carbocycles. The third-order valence-electron chi connectivity index (χ3n) is 2.61. The maximum Gasteiger partial charge on any atom is 0.167 e. The first-order valence-corrected chi connectivity index (χ1v) is 5.91. The summed E-state index contributed by atoms with van der Waals surface area (Å²) in [6.45, 7) is 0. The fraction of sp³-hybridized carbons (Fsp3) is 0. The number of benzene rings is 2. The van der Waals surface area contributed by atoms with Gasteiger partial charge in [0.2, 0.25) is 0 Å². The van der Waals surface area contributed by atoms with E-state index in [1.807, 2.05) is 42.5 Å². The first-order chi connectivity index (χ1) is 9.25. The summed E-state index contributed by atoms with van der Waals surface area (Å²) in [6.07, 6.45) is 0. The highest BCUT2D eigenvalue weighted by Gasteiger charge is 2.07. The van der Waals surface area contributed by atoms with E-state index in [1.54, 1.807) is 12.1 Å². The lowest BCUT2D eigenvalue weighted by Crippen LogP contribution is -1.75. The predicted octanol–water partition coefficient (Wildman–Crippen LogP) is 4.66. The van der Waals surface area contributed by atoms with E-state index in [9.17, 15) is 0 Å². The molecule has 0 radical (unpaired) electrons. The minimum atomic E-state index is 0.286. The van der Waals surface area contributed by atoms with Crippen LogP contribution in [0.4, 0.5) is 0 Å². The van der Waals surface area contributed by atoms with Crippen LogP contribution in [-0.2, 0) is 0 Å². The van der Waals surface area contributed by atoms with Gasteiger partial charge in [0.25, 0.3) is 0 Å². The monoisotopic (exact) mass is 256 g/mol. The molecule has 0 saturated heterocycles. The van der Waals surface area contributed by atoms with Crippen LogP contribution in [0.1, 0.15) is 1.37 Å². The molecule has 0 N–H and O–H groups in total. The van der Waals surface area contributed by atoms with Crippen molar-refractivity contribution in [3.05, 3.63) is 65.7 Å². The van der Waals surface area contributed by atoms with Gasteiger partial charge in [-0.3, -0.25) is 0 Å². The minimum Gasteiger partial charge on any atom is -0.356 e. The van der Waals surface area contributed by atoms with Crippen LogP contribution in [0.5, 0.6) is 0 Å². The average molecular weight is 257 g/mol. The van der Waals surface area contributed by atoms with Crippen LogP contribution in [0.25, 0.3) is 22.6 Å². The summed E-state index contributed by atoms with van der Waals surface area (Å²) >= 11 is 5.85. The maximum absolute atomic E-state index is 8.17. The molecule has 0 atom stereocenters. The highest BCUT2D eigenvalue weighted by atomic mass is 35.5. The Bertz CT molecular complexity index is 692. The molecule has 0 fully saturated rings. The highest BCUT2D eigenvalue weighted by molar-refractivity contribution is 6.30. The van der Waals surface area contributed by atoms with E-state index in [0.717, 1.165) is 11.1 Å². The topological polar surface area (TPSA) is 26.0 Å². The van der Waals surface area contributed by atoms with Crippen molar-refractivity contribution in [3.63, 3.8) is 0 Å². The number of halogens is 1. The zero-order valence-electron chi connectivity index (χ0n) is 10.4. The van der Waals surface area contributed by atoms with Crippen LogP contribution in [-0.4, -0.2) is 5.16 Å². The molecule has 3 rings (SSSR count). The van der Waals surface area contributed by atoms with Crippen LogP contribution < -0.4 is 0 Å². The molecular formula is C15H10ClNO. The fourth-order valence-corrected chi connectivity index (χ4v) is 1.82. The number of nitrogens with zero attached hydrogens (tertiary/aromatic N) is 1. The number of aromatic nitrogens is 1. The van der Waals surface area contributed by atoms with E-state index >= 15 is 0 Å². The standard InChI is InChI=1S/C15H10ClNO/c16-13-8-6-11(7-9-13)14-10-15(18-17-14)12-4-2-1-3-5-12/h1-10H/i10D. The smallest absolute Gasteiger partial charge is 0.167 e. The summed E-state index contributed by atoms with van der Waals surface area (Å²) in [4.78, 5) is 0. The van der Waals surface area contributed by atoms with Gasteiger partial charge in [0.1, 0.15) is 5.69 Å². The Kier molecular flexibility index (Phi) is 2.57. The molecule has 18 heavy (non-hydrogen) atoms. The molecule has 3 aromatic rings. The summed E-state index contributed by atoms with van der Waals surface area (Å²) in [5, 5.41) is 4.64. The van der Waals surface area contributed by atoms with Crippen molar-refractivity contribution in [3.8, 4) is 22.6 Å². The zero-order chi connectivity index (χ0) is 13.2. The van der Waals surface area contributed by atoms with Gasteiger partial charge < -0.3 is 4.52 Å². The van der Waals surface area contributed by atoms with Crippen molar-refractivity contribution < 1.29 is 5.89 Å². The Morgan fingerprint density at radius 3 is 2.39 bits per heavy atom. The minimum absolute atomic E-state index is 0.286. The summed E-state index contributed by atoms with van der Waals surface area (Å²) in [5.74, 6) is 0.477. The maximum atomic E-state index is 8.17. The fourth-order valence-electron chi connectivity index (χ4n) is 1.69. The van der Waals surface area contributed by atoms with Crippen molar-refractivity contribution in [1.82, 2.24) is 5.16 Å². The van der Waals surface area contributed by atoms with Gasteiger partial charge >= 0.3 is 0 Å². The third-order valence-corrected chi connectivity index (χ3v) is 2.87. The second-order valence-electron chi connectivity index (χ2n) is 3.86. The van der Waals surface area contributed by atoms with Gasteiger partial charge in [-0.05, 0) is 12.1 Å². The summed E-state index contributed by atoms with van der Waals surface area (Å²) < 4.78 is 13.5. The van der Waals surface area contributed by atoms with Gasteiger partial charge in [-0.25, -0.2) is 0 Å². The lowest BCUT2D eigenvalue weighted by molar-refractivity contribution is 0.435. The largest absolute Gasteiger partial charge is 0.356 e. The predicted molar refractivity (Wildman–Crippen MR) is 72.4 cm³/mol. The average Bonchev–Trinajstić information content (AvgIpc) is 2.83. The summed E-state index contributed by atoms with van der Waals surface area (Å²) in [6, 6.07) is 17.0. The summed E-state index contributed by atoms with van der Waals surface area (Å²) in [7, 11) is 0. The van der Waals surface area contributed by atoms with Crippen molar-refractivity contribution in [2.24, 2.45) is 0 Å². The van der Waals surface area contributed by atoms with Crippen LogP contribution >= 0.6 is 11.6 Å². The van der Waals surface area contributed by atoms with E-state index in [0.29, 0.717) is 16.5 Å². The van der Waals surface area contributed by atoms with Gasteiger partial charge in [0.15, 0.2) is 5.76 Å². The Morgan fingerprint density at radius 1 is 0.944 bits per heavy atom. The molecule has 0 amide bonds. The van der Waals surface area contributed by atoms with Gasteiger partial charge in [-0.1, -0.05) is 59.2 Å². The summed E-state index contributed by atoms with van der Waals surface area (Å²) in [5.41, 5.74) is 2.19. The molecule has 2 aromatic carbocycles. The van der Waals surface area contributed by atoms with Crippen molar-refractivity contribution in [2.45, 2.75) is 0 Å². The molecule has 1 aromatic heterocycles. The van der Waals surface area contributed by atoms with Crippen molar-refractivity contribution in [1.29, 1.82) is 0 Å². The van der Waals surface area contributed by atoms with Crippen LogP contribution in [0.15, 0.2) is 65.2 Å². The molecule has 0 saturated carbocycles. The Balaban J connectivity index is 2.06. The van der Waals surface area contributed by atoms with Crippen molar-refractivity contribution in [2.75, 3.05) is 0 Å². The van der Waals surface area contributed by atoms with Crippen LogP contribution in [0, 0.1) is 0 Å². The Hall–Kier alpha value is -2.06. The number of hydrogen-bond acceptors (Lipinski definition) is 2. The van der Waals surface area contributed by atoms with E-state index < -0.39 is 0 Å². The third kappa shape index (κ3) is 2.15. The SMILES string of the molecule is [2H]c1c(-c2ccc(Cl)cc2)noc1-c1ccccc1. The van der Waals surface area contributed by atoms with Gasteiger partial charge in [0.05, 0.1) is 1.37 Å². The van der Waals surface area contributed by atoms with Gasteiger partial charge in [0, 0.05) is 22.2 Å². The first-order valence-electron chi connectivity index (χ1n) is 6.03. The number of rotatable bonds is 2. The highest BCUT2D eigenvalue weighted by Crippen LogP contribution is 2.26. The van der Waals surface area contributed by atoms with Gasteiger partial charge in [-0.15, -0.1) is 0 Å². The molecule has 3 heteroatoms. The van der Waals surface area contributed by atoms with E-state index in [2.05, 4.69) is 5.16 Å². The van der Waals surface area contributed by atoms with Crippen LogP contribution in [0.2, 0.25) is 5.02 Å². The lowest BCUT2D eigenvalue weighted by atomic mass is 10.1. The first kappa shape index (κ1) is 9.92. The Morgan fingerprint density at radius 2 is 1.67 bits per heavy atom. The van der Waals surface area contributed by atoms with Crippen molar-refractivity contribution >= 4 is 11.6 Å². The molecule has 0 unspecified atom stereocenters. The van der Waals surface area contributed by atoms with E-state index in [4.69, 9.17) is 17.5 Å². The Labute approximate surface area is 111 Å². The molecule has 0 aliphatic rings. The molecule has 2 nitrogen and oxygen atoms in total. The van der Waals surface area contributed by atoms with Crippen LogP contribution in [0.3, 0.4) is 0 Å². The van der Waals surface area contributed by atoms with Gasteiger partial charge in [-0.2, -0.15) is 0 Å². The second kappa shape index (κ2) is 4.67. The quantitative estimate of drug-likeness (QED) is 0.666. The zero-order valence-corrected chi connectivity index (χ0v) is 10.2. The normalized spacial score (nSPS) is 11.3. The number of hydrogen-bond donors (Lipinski definition) is 0. The molecular weight excluding hydrogens is 246 g/mol.